The van der Waals surface area contributed by atoms with Gasteiger partial charge in [-0.1, -0.05) is 12.1 Å². The van der Waals surface area contributed by atoms with Gasteiger partial charge in [0.2, 0.25) is 5.88 Å². The van der Waals surface area contributed by atoms with E-state index in [4.69, 9.17) is 9.47 Å². The molecule has 1 amide bonds. The van der Waals surface area contributed by atoms with Crippen LogP contribution in [0.1, 0.15) is 16.8 Å². The number of aromatic nitrogens is 2. The molecule has 0 spiro atoms. The van der Waals surface area contributed by atoms with Gasteiger partial charge >= 0.3 is 0 Å². The lowest BCUT2D eigenvalue weighted by Gasteiger charge is -2.18. The lowest BCUT2D eigenvalue weighted by atomic mass is 10.2. The van der Waals surface area contributed by atoms with E-state index in [0.29, 0.717) is 30.3 Å². The highest BCUT2D eigenvalue weighted by Crippen LogP contribution is 2.23. The first-order valence-corrected chi connectivity index (χ1v) is 7.14. The summed E-state index contributed by atoms with van der Waals surface area (Å²) in [6.07, 6.45) is 2.31. The van der Waals surface area contributed by atoms with Crippen molar-refractivity contribution in [3.63, 3.8) is 0 Å². The Labute approximate surface area is 128 Å². The number of methoxy groups -OCH3 is 1. The smallest absolute Gasteiger partial charge is 0.257 e. The van der Waals surface area contributed by atoms with Crippen molar-refractivity contribution in [2.75, 3.05) is 20.2 Å². The largest absolute Gasteiger partial charge is 0.496 e. The van der Waals surface area contributed by atoms with Crippen LogP contribution >= 0.6 is 0 Å². The molecule has 2 aromatic rings. The van der Waals surface area contributed by atoms with Crippen LogP contribution in [-0.4, -0.2) is 47.3 Å². The molecule has 1 fully saturated rings. The summed E-state index contributed by atoms with van der Waals surface area (Å²) in [7, 11) is 1.57. The second-order valence-electron chi connectivity index (χ2n) is 5.04. The highest BCUT2D eigenvalue weighted by atomic mass is 16.5. The molecule has 1 aromatic carbocycles. The Morgan fingerprint density at radius 2 is 2.14 bits per heavy atom. The number of rotatable bonds is 4. The molecule has 0 aliphatic carbocycles. The van der Waals surface area contributed by atoms with Gasteiger partial charge in [0.15, 0.2) is 0 Å². The Morgan fingerprint density at radius 1 is 1.27 bits per heavy atom. The van der Waals surface area contributed by atoms with Crippen molar-refractivity contribution in [3.8, 4) is 11.6 Å². The Morgan fingerprint density at radius 3 is 2.91 bits per heavy atom. The molecule has 6 heteroatoms. The molecule has 0 saturated carbocycles. The third-order valence-corrected chi connectivity index (χ3v) is 3.60. The number of amides is 1. The SMILES string of the molecule is COc1ccccc1C(=O)N1CCC(Oc2cccnn2)C1. The van der Waals surface area contributed by atoms with Crippen molar-refractivity contribution in [1.82, 2.24) is 15.1 Å². The summed E-state index contributed by atoms with van der Waals surface area (Å²) in [4.78, 5) is 14.4. The number of carbonyl (C=O) groups is 1. The molecule has 114 valence electrons. The van der Waals surface area contributed by atoms with Gasteiger partial charge in [-0.25, -0.2) is 0 Å². The highest BCUT2D eigenvalue weighted by Gasteiger charge is 2.29. The topological polar surface area (TPSA) is 64.5 Å². The van der Waals surface area contributed by atoms with Crippen LogP contribution in [0.25, 0.3) is 0 Å². The maximum atomic E-state index is 12.6. The van der Waals surface area contributed by atoms with E-state index >= 15 is 0 Å². The third-order valence-electron chi connectivity index (χ3n) is 3.60. The average molecular weight is 299 g/mol. The molecular weight excluding hydrogens is 282 g/mol. The van der Waals surface area contributed by atoms with E-state index in [2.05, 4.69) is 10.2 Å². The molecule has 1 saturated heterocycles. The van der Waals surface area contributed by atoms with Gasteiger partial charge in [0, 0.05) is 25.2 Å². The number of benzene rings is 1. The summed E-state index contributed by atoms with van der Waals surface area (Å²) >= 11 is 0. The molecule has 22 heavy (non-hydrogen) atoms. The van der Waals surface area contributed by atoms with Crippen LogP contribution in [0.3, 0.4) is 0 Å². The molecule has 1 aliphatic heterocycles. The monoisotopic (exact) mass is 299 g/mol. The van der Waals surface area contributed by atoms with Crippen molar-refractivity contribution in [2.45, 2.75) is 12.5 Å². The van der Waals surface area contributed by atoms with E-state index in [-0.39, 0.29) is 12.0 Å². The van der Waals surface area contributed by atoms with Crippen LogP contribution < -0.4 is 9.47 Å². The van der Waals surface area contributed by atoms with Gasteiger partial charge in [0.05, 0.1) is 19.2 Å². The van der Waals surface area contributed by atoms with Gasteiger partial charge in [-0.15, -0.1) is 5.10 Å². The minimum atomic E-state index is -0.0599. The fourth-order valence-electron chi connectivity index (χ4n) is 2.52. The molecule has 1 aromatic heterocycles. The molecule has 0 N–H and O–H groups in total. The number of nitrogens with zero attached hydrogens (tertiary/aromatic N) is 3. The summed E-state index contributed by atoms with van der Waals surface area (Å²) in [6, 6.07) is 10.8. The maximum Gasteiger partial charge on any atom is 0.257 e. The minimum absolute atomic E-state index is 0.0392. The van der Waals surface area contributed by atoms with Crippen molar-refractivity contribution >= 4 is 5.91 Å². The summed E-state index contributed by atoms with van der Waals surface area (Å²) in [5.74, 6) is 1.03. The van der Waals surface area contributed by atoms with Crippen LogP contribution in [0.15, 0.2) is 42.6 Å². The Balaban J connectivity index is 1.66. The van der Waals surface area contributed by atoms with Gasteiger partial charge in [0.1, 0.15) is 11.9 Å². The van der Waals surface area contributed by atoms with Crippen molar-refractivity contribution < 1.29 is 14.3 Å². The second kappa shape index (κ2) is 6.43. The van der Waals surface area contributed by atoms with Crippen LogP contribution in [0.4, 0.5) is 0 Å². The zero-order valence-corrected chi connectivity index (χ0v) is 12.3. The molecule has 0 radical (unpaired) electrons. The fourth-order valence-corrected chi connectivity index (χ4v) is 2.52. The summed E-state index contributed by atoms with van der Waals surface area (Å²) in [6.45, 7) is 1.19. The van der Waals surface area contributed by atoms with Crippen LogP contribution in [0.2, 0.25) is 0 Å². The minimum Gasteiger partial charge on any atom is -0.496 e. The van der Waals surface area contributed by atoms with E-state index in [1.807, 2.05) is 12.1 Å². The lowest BCUT2D eigenvalue weighted by Crippen LogP contribution is -2.31. The Kier molecular flexibility index (Phi) is 4.18. The summed E-state index contributed by atoms with van der Waals surface area (Å²) < 4.78 is 11.0. The van der Waals surface area contributed by atoms with Gasteiger partial charge in [0.25, 0.3) is 5.91 Å². The molecule has 0 bridgehead atoms. The number of hydrogen-bond acceptors (Lipinski definition) is 5. The quantitative estimate of drug-likeness (QED) is 0.861. The lowest BCUT2D eigenvalue weighted by molar-refractivity contribution is 0.0767. The highest BCUT2D eigenvalue weighted by molar-refractivity contribution is 5.97. The Hall–Kier alpha value is -2.63. The van der Waals surface area contributed by atoms with Crippen molar-refractivity contribution in [1.29, 1.82) is 0 Å². The molecule has 2 heterocycles. The molecule has 1 unspecified atom stereocenters. The summed E-state index contributed by atoms with van der Waals surface area (Å²) in [5.41, 5.74) is 0.574. The molecule has 1 atom stereocenters. The Bertz CT molecular complexity index is 648. The zero-order valence-electron chi connectivity index (χ0n) is 12.3. The van der Waals surface area contributed by atoms with Crippen LogP contribution in [-0.2, 0) is 0 Å². The fraction of sp³-hybridized carbons (Fsp3) is 0.312. The number of likely N-dealkylation sites (tertiary alicyclic amines) is 1. The molecule has 6 nitrogen and oxygen atoms in total. The molecule has 3 rings (SSSR count). The first-order chi connectivity index (χ1) is 10.8. The van der Waals surface area contributed by atoms with E-state index in [0.717, 1.165) is 6.42 Å². The van der Waals surface area contributed by atoms with Crippen molar-refractivity contribution in [2.24, 2.45) is 0 Å². The zero-order chi connectivity index (χ0) is 15.4. The van der Waals surface area contributed by atoms with Gasteiger partial charge in [-0.2, -0.15) is 5.10 Å². The number of carbonyl (C=O) groups excluding carboxylic acids is 1. The van der Waals surface area contributed by atoms with E-state index in [1.54, 1.807) is 42.5 Å². The number of hydrogen-bond donors (Lipinski definition) is 0. The summed E-state index contributed by atoms with van der Waals surface area (Å²) in [5, 5.41) is 7.68. The number of para-hydroxylation sites is 1. The predicted molar refractivity (Wildman–Crippen MR) is 80.0 cm³/mol. The molecular formula is C16H17N3O3. The second-order valence-corrected chi connectivity index (χ2v) is 5.04. The van der Waals surface area contributed by atoms with Gasteiger partial charge in [-0.05, 0) is 18.2 Å². The maximum absolute atomic E-state index is 12.6. The third kappa shape index (κ3) is 3.00. The van der Waals surface area contributed by atoms with E-state index < -0.39 is 0 Å². The normalized spacial score (nSPS) is 17.3. The average Bonchev–Trinajstić information content (AvgIpc) is 3.03. The predicted octanol–water partition coefficient (Wildman–Crippen LogP) is 1.78. The first-order valence-electron chi connectivity index (χ1n) is 7.14. The van der Waals surface area contributed by atoms with E-state index in [1.165, 1.54) is 0 Å². The standard InChI is InChI=1S/C16H17N3O3/c1-21-14-6-3-2-5-13(14)16(20)19-10-8-12(11-19)22-15-7-4-9-17-18-15/h2-7,9,12H,8,10-11H2,1H3. The van der Waals surface area contributed by atoms with E-state index in [9.17, 15) is 4.79 Å². The van der Waals surface area contributed by atoms with Gasteiger partial charge < -0.3 is 14.4 Å². The van der Waals surface area contributed by atoms with Crippen LogP contribution in [0, 0.1) is 0 Å². The molecule has 1 aliphatic rings. The first kappa shape index (κ1) is 14.3. The van der Waals surface area contributed by atoms with Crippen molar-refractivity contribution in [3.05, 3.63) is 48.2 Å². The van der Waals surface area contributed by atoms with Gasteiger partial charge in [-0.3, -0.25) is 4.79 Å². The number of ether oxygens (including phenoxy) is 2. The van der Waals surface area contributed by atoms with Crippen LogP contribution in [0.5, 0.6) is 11.6 Å².